The van der Waals surface area contributed by atoms with Crippen LogP contribution < -0.4 is 5.56 Å². The minimum Gasteiger partial charge on any atom is -0.396 e. The third kappa shape index (κ3) is 3.70. The van der Waals surface area contributed by atoms with E-state index in [1.54, 1.807) is 26.5 Å². The summed E-state index contributed by atoms with van der Waals surface area (Å²) in [6, 6.07) is 3.63. The van der Waals surface area contributed by atoms with E-state index in [2.05, 4.69) is 0 Å². The normalized spacial score (nSPS) is 29.7. The zero-order valence-electron chi connectivity index (χ0n) is 16.1. The Morgan fingerprint density at radius 1 is 1.17 bits per heavy atom. The molecule has 1 amide bonds. The first-order chi connectivity index (χ1) is 13.8. The fraction of sp³-hybridized carbons (Fsp3) is 0.700. The highest BCUT2D eigenvalue weighted by Gasteiger charge is 2.56. The molecule has 2 fully saturated rings. The SMILES string of the molecule is O=C([C@@H]1[C@@H](CO)[C@@H]2Cn3c(cccc3=O)[C@H]1N2CCC(F)(F)F)N1CCCCC1. The van der Waals surface area contributed by atoms with Gasteiger partial charge in [0.05, 0.1) is 18.4 Å². The molecule has 0 saturated carbocycles. The van der Waals surface area contributed by atoms with Crippen LogP contribution in [0.1, 0.15) is 37.4 Å². The Hall–Kier alpha value is -1.87. The van der Waals surface area contributed by atoms with E-state index >= 15 is 0 Å². The number of alkyl halides is 3. The second kappa shape index (κ2) is 7.75. The molecule has 4 atom stereocenters. The number of hydrogen-bond acceptors (Lipinski definition) is 4. The van der Waals surface area contributed by atoms with Gasteiger partial charge in [0.1, 0.15) is 0 Å². The van der Waals surface area contributed by atoms with Gasteiger partial charge in [0.15, 0.2) is 0 Å². The monoisotopic (exact) mass is 413 g/mol. The minimum atomic E-state index is -4.31. The number of fused-ring (bicyclic) bond motifs is 4. The lowest BCUT2D eigenvalue weighted by atomic mass is 9.85. The van der Waals surface area contributed by atoms with Gasteiger partial charge in [-0.2, -0.15) is 13.2 Å². The zero-order chi connectivity index (χ0) is 20.8. The lowest BCUT2D eigenvalue weighted by Gasteiger charge is -2.38. The molecule has 0 aliphatic carbocycles. The van der Waals surface area contributed by atoms with Crippen molar-refractivity contribution < 1.29 is 23.1 Å². The van der Waals surface area contributed by atoms with Crippen LogP contribution in [0.4, 0.5) is 13.2 Å². The Balaban J connectivity index is 1.73. The Kier molecular flexibility index (Phi) is 5.46. The molecule has 6 nitrogen and oxygen atoms in total. The zero-order valence-corrected chi connectivity index (χ0v) is 16.1. The van der Waals surface area contributed by atoms with Crippen molar-refractivity contribution in [1.29, 1.82) is 0 Å². The van der Waals surface area contributed by atoms with E-state index in [9.17, 15) is 27.9 Å². The molecule has 2 bridgehead atoms. The molecule has 1 N–H and O–H groups in total. The van der Waals surface area contributed by atoms with Gasteiger partial charge in [-0.15, -0.1) is 0 Å². The maximum atomic E-state index is 13.4. The number of piperidine rings is 1. The van der Waals surface area contributed by atoms with E-state index in [-0.39, 0.29) is 31.2 Å². The van der Waals surface area contributed by atoms with Crippen molar-refractivity contribution >= 4 is 5.91 Å². The molecule has 3 aliphatic rings. The van der Waals surface area contributed by atoms with Gasteiger partial charge >= 0.3 is 6.18 Å². The summed E-state index contributed by atoms with van der Waals surface area (Å²) >= 11 is 0. The Bertz CT molecular complexity index is 819. The number of amides is 1. The topological polar surface area (TPSA) is 65.8 Å². The van der Waals surface area contributed by atoms with Gasteiger partial charge in [-0.1, -0.05) is 6.07 Å². The summed E-state index contributed by atoms with van der Waals surface area (Å²) < 4.78 is 40.5. The molecule has 29 heavy (non-hydrogen) atoms. The molecule has 1 aromatic heterocycles. The van der Waals surface area contributed by atoms with Gasteiger partial charge in [0, 0.05) is 56.5 Å². The highest BCUT2D eigenvalue weighted by Crippen LogP contribution is 2.49. The van der Waals surface area contributed by atoms with Crippen molar-refractivity contribution in [3.63, 3.8) is 0 Å². The van der Waals surface area contributed by atoms with Crippen LogP contribution in [-0.4, -0.2) is 63.8 Å². The largest absolute Gasteiger partial charge is 0.396 e. The Morgan fingerprint density at radius 2 is 1.90 bits per heavy atom. The summed E-state index contributed by atoms with van der Waals surface area (Å²) in [4.78, 5) is 29.3. The number of aliphatic hydroxyl groups excluding tert-OH is 1. The first kappa shape index (κ1) is 20.4. The van der Waals surface area contributed by atoms with Crippen LogP contribution in [0.2, 0.25) is 0 Å². The van der Waals surface area contributed by atoms with Gasteiger partial charge in [0.25, 0.3) is 5.56 Å². The number of likely N-dealkylation sites (tertiary alicyclic amines) is 1. The van der Waals surface area contributed by atoms with Crippen molar-refractivity contribution in [2.75, 3.05) is 26.2 Å². The second-order valence-corrected chi connectivity index (χ2v) is 8.27. The van der Waals surface area contributed by atoms with Crippen LogP contribution >= 0.6 is 0 Å². The summed E-state index contributed by atoms with van der Waals surface area (Å²) in [6.45, 7) is 0.918. The van der Waals surface area contributed by atoms with Gasteiger partial charge in [-0.3, -0.25) is 14.5 Å². The van der Waals surface area contributed by atoms with Crippen molar-refractivity contribution in [3.05, 3.63) is 34.2 Å². The lowest BCUT2D eigenvalue weighted by molar-refractivity contribution is -0.141. The molecule has 3 aliphatic heterocycles. The van der Waals surface area contributed by atoms with Gasteiger partial charge < -0.3 is 14.6 Å². The molecular weight excluding hydrogens is 387 g/mol. The minimum absolute atomic E-state index is 0.113. The number of rotatable bonds is 4. The predicted octanol–water partition coefficient (Wildman–Crippen LogP) is 1.78. The van der Waals surface area contributed by atoms with E-state index < -0.39 is 36.5 Å². The standard InChI is InChI=1S/C20H26F3N3O3/c21-20(22,23)7-10-25-15-11-26-14(5-4-6-16(26)28)18(25)17(13(15)12-27)19(29)24-8-2-1-3-9-24/h4-6,13,15,17-18,27H,1-3,7-12H2/t13-,15-,17+,18+/m0/s1. The quantitative estimate of drug-likeness (QED) is 0.817. The highest BCUT2D eigenvalue weighted by atomic mass is 19.4. The van der Waals surface area contributed by atoms with Crippen LogP contribution in [0.25, 0.3) is 0 Å². The van der Waals surface area contributed by atoms with E-state index in [0.29, 0.717) is 18.8 Å². The maximum absolute atomic E-state index is 13.4. The van der Waals surface area contributed by atoms with E-state index in [1.165, 1.54) is 6.07 Å². The Morgan fingerprint density at radius 3 is 2.55 bits per heavy atom. The first-order valence-electron chi connectivity index (χ1n) is 10.2. The number of aromatic nitrogens is 1. The van der Waals surface area contributed by atoms with E-state index in [0.717, 1.165) is 19.3 Å². The van der Waals surface area contributed by atoms with Gasteiger partial charge in [0.2, 0.25) is 5.91 Å². The second-order valence-electron chi connectivity index (χ2n) is 8.27. The van der Waals surface area contributed by atoms with Gasteiger partial charge in [-0.05, 0) is 25.3 Å². The maximum Gasteiger partial charge on any atom is 0.390 e. The molecule has 0 unspecified atom stereocenters. The van der Waals surface area contributed by atoms with E-state index in [4.69, 9.17) is 0 Å². The van der Waals surface area contributed by atoms with Gasteiger partial charge in [-0.25, -0.2) is 0 Å². The van der Waals surface area contributed by atoms with Crippen LogP contribution in [0.5, 0.6) is 0 Å². The fourth-order valence-corrected chi connectivity index (χ4v) is 5.34. The molecule has 160 valence electrons. The molecule has 0 aromatic carbocycles. The number of pyridine rings is 1. The molecule has 4 heterocycles. The predicted molar refractivity (Wildman–Crippen MR) is 99.1 cm³/mol. The summed E-state index contributed by atoms with van der Waals surface area (Å²) in [5, 5.41) is 10.1. The van der Waals surface area contributed by atoms with E-state index in [1.807, 2.05) is 0 Å². The number of hydrogen-bond donors (Lipinski definition) is 1. The molecule has 0 radical (unpaired) electrons. The average molecular weight is 413 g/mol. The third-order valence-corrected chi connectivity index (χ3v) is 6.65. The highest BCUT2D eigenvalue weighted by molar-refractivity contribution is 5.81. The van der Waals surface area contributed by atoms with Crippen molar-refractivity contribution in [3.8, 4) is 0 Å². The lowest BCUT2D eigenvalue weighted by Crippen LogP contribution is -2.47. The molecule has 0 spiro atoms. The van der Waals surface area contributed by atoms with Crippen molar-refractivity contribution in [2.24, 2.45) is 11.8 Å². The summed E-state index contributed by atoms with van der Waals surface area (Å²) in [7, 11) is 0. The van der Waals surface area contributed by atoms with Crippen LogP contribution in [0.3, 0.4) is 0 Å². The molecule has 2 saturated heterocycles. The number of halogens is 3. The first-order valence-corrected chi connectivity index (χ1v) is 10.2. The Labute approximate surface area is 166 Å². The number of carbonyl (C=O) groups is 1. The van der Waals surface area contributed by atoms with Crippen molar-refractivity contribution in [1.82, 2.24) is 14.4 Å². The van der Waals surface area contributed by atoms with Crippen LogP contribution in [0.15, 0.2) is 23.0 Å². The molecule has 4 rings (SSSR count). The van der Waals surface area contributed by atoms with Crippen molar-refractivity contribution in [2.45, 2.75) is 50.5 Å². The number of carbonyl (C=O) groups excluding carboxylic acids is 1. The summed E-state index contributed by atoms with van der Waals surface area (Å²) in [5.74, 6) is -1.26. The van der Waals surface area contributed by atoms with Crippen LogP contribution in [-0.2, 0) is 11.3 Å². The molecular formula is C20H26F3N3O3. The average Bonchev–Trinajstić information content (AvgIpc) is 2.92. The number of nitrogens with zero attached hydrogens (tertiary/aromatic N) is 3. The molecule has 9 heteroatoms. The number of aliphatic hydroxyl groups is 1. The van der Waals surface area contributed by atoms with Crippen LogP contribution in [0, 0.1) is 11.8 Å². The fourth-order valence-electron chi connectivity index (χ4n) is 5.34. The molecule has 1 aromatic rings. The summed E-state index contributed by atoms with van der Waals surface area (Å²) in [5.41, 5.74) is 0.345. The summed E-state index contributed by atoms with van der Waals surface area (Å²) in [6.07, 6.45) is -2.43. The smallest absolute Gasteiger partial charge is 0.390 e. The third-order valence-electron chi connectivity index (χ3n) is 6.65.